The Balaban J connectivity index is 3.76. The van der Waals surface area contributed by atoms with E-state index in [9.17, 15) is 14.3 Å². The summed E-state index contributed by atoms with van der Waals surface area (Å²) < 4.78 is 32.7. The lowest BCUT2D eigenvalue weighted by molar-refractivity contribution is -0.154. The molecule has 8 nitrogen and oxygen atoms in total. The highest BCUT2D eigenvalue weighted by atomic mass is 31.2. The molecule has 0 rings (SSSR count). The average Bonchev–Trinajstić information content (AvgIpc) is 2.96. The van der Waals surface area contributed by atoms with Crippen LogP contribution in [0.15, 0.2) is 24.3 Å². The Bertz CT molecular complexity index is 687. The van der Waals surface area contributed by atoms with Crippen molar-refractivity contribution in [1.29, 1.82) is 0 Å². The number of ether oxygens (including phenoxy) is 2. The first-order valence-corrected chi connectivity index (χ1v) is 17.8. The van der Waals surface area contributed by atoms with E-state index < -0.39 is 13.9 Å². The number of rotatable bonds is 31. The number of allylic oxidation sites excluding steroid dienone is 4. The highest BCUT2D eigenvalue weighted by molar-refractivity contribution is 7.47. The van der Waals surface area contributed by atoms with E-state index in [4.69, 9.17) is 24.3 Å². The van der Waals surface area contributed by atoms with Crippen molar-refractivity contribution in [2.45, 2.75) is 142 Å². The third kappa shape index (κ3) is 30.2. The van der Waals surface area contributed by atoms with E-state index in [0.29, 0.717) is 13.0 Å². The first-order chi connectivity index (χ1) is 19.9. The van der Waals surface area contributed by atoms with Gasteiger partial charge in [0.25, 0.3) is 0 Å². The van der Waals surface area contributed by atoms with E-state index >= 15 is 0 Å². The molecule has 2 unspecified atom stereocenters. The molecule has 0 aliphatic carbocycles. The highest BCUT2D eigenvalue weighted by Crippen LogP contribution is 2.43. The first-order valence-electron chi connectivity index (χ1n) is 16.3. The summed E-state index contributed by atoms with van der Waals surface area (Å²) in [4.78, 5) is 21.7. The van der Waals surface area contributed by atoms with Crippen LogP contribution in [0.3, 0.4) is 0 Å². The number of hydrogen-bond donors (Lipinski definition) is 2. The van der Waals surface area contributed by atoms with Crippen molar-refractivity contribution in [2.24, 2.45) is 5.73 Å². The quantitative estimate of drug-likeness (QED) is 0.0350. The maximum atomic E-state index is 12.0. The van der Waals surface area contributed by atoms with Crippen molar-refractivity contribution in [2.75, 3.05) is 33.0 Å². The predicted molar refractivity (Wildman–Crippen MR) is 169 cm³/mol. The molecule has 0 aromatic heterocycles. The largest absolute Gasteiger partial charge is 0.472 e. The molecule has 0 aliphatic heterocycles. The van der Waals surface area contributed by atoms with Crippen LogP contribution >= 0.6 is 7.82 Å². The van der Waals surface area contributed by atoms with Crippen LogP contribution in [0.5, 0.6) is 0 Å². The fraction of sp³-hybridized carbons (Fsp3) is 0.844. The van der Waals surface area contributed by atoms with Crippen molar-refractivity contribution < 1.29 is 32.8 Å². The summed E-state index contributed by atoms with van der Waals surface area (Å²) in [6, 6.07) is 0. The van der Waals surface area contributed by atoms with Gasteiger partial charge >= 0.3 is 13.8 Å². The predicted octanol–water partition coefficient (Wildman–Crippen LogP) is 8.57. The lowest BCUT2D eigenvalue weighted by atomic mass is 10.1. The zero-order valence-corrected chi connectivity index (χ0v) is 27.2. The zero-order valence-electron chi connectivity index (χ0n) is 26.3. The lowest BCUT2D eigenvalue weighted by Gasteiger charge is -2.20. The summed E-state index contributed by atoms with van der Waals surface area (Å²) in [7, 11) is -4.24. The van der Waals surface area contributed by atoms with Gasteiger partial charge in [-0.25, -0.2) is 4.57 Å². The number of phosphoric acid groups is 1. The van der Waals surface area contributed by atoms with E-state index in [1.54, 1.807) is 0 Å². The Morgan fingerprint density at radius 2 is 1.29 bits per heavy atom. The number of carbonyl (C=O) groups excluding carboxylic acids is 1. The molecule has 0 aromatic carbocycles. The molecule has 0 fully saturated rings. The van der Waals surface area contributed by atoms with Gasteiger partial charge in [-0.2, -0.15) is 0 Å². The third-order valence-corrected chi connectivity index (χ3v) is 7.61. The van der Waals surface area contributed by atoms with Gasteiger partial charge in [0.15, 0.2) is 0 Å². The molecule has 0 aromatic rings. The standard InChI is InChI=1S/C32H62NO7P/c1-3-5-7-8-9-10-11-12-13-14-15-16-17-18-19-20-21-22-23-24-27-37-29-31(40-32(34)25-6-4-2)30-39-41(35,36)38-28-26-33/h9-10,12-13,31H,3-8,11,14-30,33H2,1-2H3,(H,35,36)/b10-9-,13-12-. The summed E-state index contributed by atoms with van der Waals surface area (Å²) in [5.74, 6) is -0.368. The monoisotopic (exact) mass is 603 g/mol. The average molecular weight is 604 g/mol. The molecule has 0 radical (unpaired) electrons. The van der Waals surface area contributed by atoms with Crippen LogP contribution in [0.4, 0.5) is 0 Å². The van der Waals surface area contributed by atoms with Crippen molar-refractivity contribution in [3.05, 3.63) is 24.3 Å². The zero-order chi connectivity index (χ0) is 30.3. The maximum absolute atomic E-state index is 12.0. The summed E-state index contributed by atoms with van der Waals surface area (Å²) in [5.41, 5.74) is 5.29. The SMILES string of the molecule is CCCCC/C=C\C/C=C\CCCCCCCCCCCCOCC(COP(=O)(O)OCCN)OC(=O)CCCC. The number of unbranched alkanes of at least 4 members (excludes halogenated alkanes) is 14. The molecule has 0 heterocycles. The fourth-order valence-corrected chi connectivity index (χ4v) is 4.94. The molecule has 2 atom stereocenters. The van der Waals surface area contributed by atoms with Crippen LogP contribution in [0.2, 0.25) is 0 Å². The number of esters is 1. The second-order valence-corrected chi connectivity index (χ2v) is 12.1. The number of carbonyl (C=O) groups is 1. The fourth-order valence-electron chi connectivity index (χ4n) is 4.18. The topological polar surface area (TPSA) is 117 Å². The van der Waals surface area contributed by atoms with Crippen LogP contribution in [0, 0.1) is 0 Å². The lowest BCUT2D eigenvalue weighted by Crippen LogP contribution is -2.28. The molecule has 0 saturated carbocycles. The molecule has 0 spiro atoms. The van der Waals surface area contributed by atoms with Crippen molar-refractivity contribution >= 4 is 13.8 Å². The van der Waals surface area contributed by atoms with E-state index in [0.717, 1.165) is 32.1 Å². The Hall–Kier alpha value is -1.02. The summed E-state index contributed by atoms with van der Waals surface area (Å²) in [6.45, 7) is 4.63. The van der Waals surface area contributed by atoms with Crippen molar-refractivity contribution in [1.82, 2.24) is 0 Å². The number of hydrogen-bond acceptors (Lipinski definition) is 7. The van der Waals surface area contributed by atoms with Gasteiger partial charge in [-0.1, -0.05) is 109 Å². The molecule has 3 N–H and O–H groups in total. The van der Waals surface area contributed by atoms with Crippen LogP contribution in [0.25, 0.3) is 0 Å². The minimum atomic E-state index is -4.24. The Labute approximate surface area is 251 Å². The van der Waals surface area contributed by atoms with Crippen LogP contribution in [0.1, 0.15) is 136 Å². The van der Waals surface area contributed by atoms with Gasteiger partial charge in [-0.05, 0) is 44.9 Å². The van der Waals surface area contributed by atoms with Crippen molar-refractivity contribution in [3.63, 3.8) is 0 Å². The van der Waals surface area contributed by atoms with Gasteiger partial charge in [-0.3, -0.25) is 13.8 Å². The summed E-state index contributed by atoms with van der Waals surface area (Å²) in [6.07, 6.45) is 30.1. The van der Waals surface area contributed by atoms with Crippen LogP contribution < -0.4 is 5.73 Å². The Kier molecular flexibility index (Phi) is 29.7. The van der Waals surface area contributed by atoms with E-state index in [1.807, 2.05) is 6.92 Å². The van der Waals surface area contributed by atoms with Gasteiger partial charge in [0, 0.05) is 19.6 Å². The Morgan fingerprint density at radius 3 is 1.88 bits per heavy atom. The molecule has 242 valence electrons. The van der Waals surface area contributed by atoms with Crippen LogP contribution in [-0.4, -0.2) is 49.9 Å². The summed E-state index contributed by atoms with van der Waals surface area (Å²) in [5, 5.41) is 0. The minimum absolute atomic E-state index is 0.0964. The minimum Gasteiger partial charge on any atom is -0.457 e. The molecular formula is C32H62NO7P. The van der Waals surface area contributed by atoms with Crippen molar-refractivity contribution in [3.8, 4) is 0 Å². The van der Waals surface area contributed by atoms with Crippen LogP contribution in [-0.2, 0) is 27.9 Å². The first kappa shape index (κ1) is 40.0. The van der Waals surface area contributed by atoms with E-state index in [-0.39, 0.29) is 32.3 Å². The Morgan fingerprint density at radius 1 is 0.732 bits per heavy atom. The third-order valence-electron chi connectivity index (χ3n) is 6.62. The van der Waals surface area contributed by atoms with Gasteiger partial charge in [-0.15, -0.1) is 0 Å². The van der Waals surface area contributed by atoms with E-state index in [2.05, 4.69) is 31.2 Å². The molecule has 0 amide bonds. The molecule has 9 heteroatoms. The smallest absolute Gasteiger partial charge is 0.457 e. The van der Waals surface area contributed by atoms with Gasteiger partial charge in [0.2, 0.25) is 0 Å². The summed E-state index contributed by atoms with van der Waals surface area (Å²) >= 11 is 0. The normalized spacial score (nSPS) is 14.1. The maximum Gasteiger partial charge on any atom is 0.472 e. The highest BCUT2D eigenvalue weighted by Gasteiger charge is 2.25. The molecule has 0 saturated heterocycles. The van der Waals surface area contributed by atoms with Gasteiger partial charge < -0.3 is 20.1 Å². The number of phosphoric ester groups is 1. The second kappa shape index (κ2) is 30.4. The molecule has 0 aliphatic rings. The van der Waals surface area contributed by atoms with Gasteiger partial charge in [0.1, 0.15) is 6.10 Å². The molecule has 0 bridgehead atoms. The molecular weight excluding hydrogens is 541 g/mol. The number of nitrogens with two attached hydrogens (primary N) is 1. The van der Waals surface area contributed by atoms with Gasteiger partial charge in [0.05, 0.1) is 19.8 Å². The molecule has 41 heavy (non-hydrogen) atoms. The van der Waals surface area contributed by atoms with E-state index in [1.165, 1.54) is 83.5 Å². The second-order valence-electron chi connectivity index (χ2n) is 10.7.